The molecular weight excluding hydrogens is 308 g/mol. The van der Waals surface area contributed by atoms with Gasteiger partial charge in [-0.05, 0) is 29.1 Å². The highest BCUT2D eigenvalue weighted by molar-refractivity contribution is 7.18. The van der Waals surface area contributed by atoms with Crippen molar-refractivity contribution in [3.8, 4) is 27.0 Å². The predicted octanol–water partition coefficient (Wildman–Crippen LogP) is 5.25. The van der Waals surface area contributed by atoms with Crippen LogP contribution in [0.5, 0.6) is 0 Å². The summed E-state index contributed by atoms with van der Waals surface area (Å²) in [5, 5.41) is 11.9. The summed E-state index contributed by atoms with van der Waals surface area (Å²) in [5.74, 6) is 0. The van der Waals surface area contributed by atoms with Gasteiger partial charge in [-0.1, -0.05) is 29.8 Å². The second-order valence-electron chi connectivity index (χ2n) is 4.15. The fourth-order valence-electron chi connectivity index (χ4n) is 2.03. The van der Waals surface area contributed by atoms with Gasteiger partial charge in [0.15, 0.2) is 0 Å². The Kier molecular flexibility index (Phi) is 3.49. The largest absolute Gasteiger partial charge is 0.396 e. The molecule has 3 aromatic rings. The number of nitrogens with two attached hydrogens (primary N) is 1. The van der Waals surface area contributed by atoms with Crippen molar-refractivity contribution in [2.45, 2.75) is 0 Å². The average molecular weight is 317 g/mol. The van der Waals surface area contributed by atoms with Crippen LogP contribution in [0.4, 0.5) is 5.69 Å². The molecule has 20 heavy (non-hydrogen) atoms. The molecule has 2 nitrogen and oxygen atoms in total. The molecular formula is C15H9ClN2S2. The number of thiophene rings is 2. The first-order chi connectivity index (χ1) is 9.70. The van der Waals surface area contributed by atoms with Crippen LogP contribution in [0.15, 0.2) is 41.8 Å². The molecule has 0 radical (unpaired) electrons. The maximum Gasteiger partial charge on any atom is 0.129 e. The van der Waals surface area contributed by atoms with Gasteiger partial charge < -0.3 is 5.73 Å². The van der Waals surface area contributed by atoms with Crippen molar-refractivity contribution in [2.24, 2.45) is 0 Å². The second kappa shape index (κ2) is 5.29. The highest BCUT2D eigenvalue weighted by Gasteiger charge is 2.19. The standard InChI is InChI=1S/C15H9ClN2S2/c16-10-4-1-3-9(7-10)15-13(11-5-2-6-19-11)14(18)12(8-17)20-15/h1-7H,18H2. The van der Waals surface area contributed by atoms with Gasteiger partial charge in [-0.15, -0.1) is 22.7 Å². The molecule has 0 saturated carbocycles. The Morgan fingerprint density at radius 2 is 2.05 bits per heavy atom. The lowest BCUT2D eigenvalue weighted by atomic mass is 10.1. The van der Waals surface area contributed by atoms with Gasteiger partial charge in [-0.2, -0.15) is 5.26 Å². The number of rotatable bonds is 2. The maximum atomic E-state index is 9.21. The van der Waals surface area contributed by atoms with E-state index in [4.69, 9.17) is 17.3 Å². The number of halogens is 1. The summed E-state index contributed by atoms with van der Waals surface area (Å²) in [6, 6.07) is 13.8. The van der Waals surface area contributed by atoms with Gasteiger partial charge in [0, 0.05) is 20.3 Å². The second-order valence-corrected chi connectivity index (χ2v) is 6.55. The molecule has 0 bridgehead atoms. The Morgan fingerprint density at radius 1 is 1.20 bits per heavy atom. The monoisotopic (exact) mass is 316 g/mol. The van der Waals surface area contributed by atoms with Gasteiger partial charge in [0.05, 0.1) is 5.69 Å². The van der Waals surface area contributed by atoms with Crippen LogP contribution in [0.2, 0.25) is 5.02 Å². The van der Waals surface area contributed by atoms with Gasteiger partial charge in [0.25, 0.3) is 0 Å². The zero-order valence-corrected chi connectivity index (χ0v) is 12.6. The number of benzene rings is 1. The highest BCUT2D eigenvalue weighted by Crippen LogP contribution is 2.46. The molecule has 0 aliphatic rings. The van der Waals surface area contributed by atoms with E-state index in [2.05, 4.69) is 6.07 Å². The Labute approximate surface area is 129 Å². The molecule has 2 aromatic heterocycles. The SMILES string of the molecule is N#Cc1sc(-c2cccc(Cl)c2)c(-c2cccs2)c1N. The van der Waals surface area contributed by atoms with Gasteiger partial charge >= 0.3 is 0 Å². The number of nitrogen functional groups attached to an aromatic ring is 1. The molecule has 3 rings (SSSR count). The third kappa shape index (κ3) is 2.20. The molecule has 0 amide bonds. The van der Waals surface area contributed by atoms with E-state index in [9.17, 15) is 5.26 Å². The number of nitrogens with zero attached hydrogens (tertiary/aromatic N) is 1. The molecule has 0 aliphatic heterocycles. The Balaban J connectivity index is 2.28. The molecule has 0 spiro atoms. The van der Waals surface area contributed by atoms with E-state index in [1.807, 2.05) is 41.8 Å². The van der Waals surface area contributed by atoms with Crippen LogP contribution in [-0.2, 0) is 0 Å². The zero-order chi connectivity index (χ0) is 14.1. The highest BCUT2D eigenvalue weighted by atomic mass is 35.5. The number of hydrogen-bond donors (Lipinski definition) is 1. The lowest BCUT2D eigenvalue weighted by Crippen LogP contribution is -1.87. The van der Waals surface area contributed by atoms with Crippen molar-refractivity contribution in [2.75, 3.05) is 5.73 Å². The lowest BCUT2D eigenvalue weighted by molar-refractivity contribution is 1.52. The van der Waals surface area contributed by atoms with Gasteiger partial charge in [-0.3, -0.25) is 0 Å². The minimum Gasteiger partial charge on any atom is -0.396 e. The summed E-state index contributed by atoms with van der Waals surface area (Å²) in [7, 11) is 0. The van der Waals surface area contributed by atoms with E-state index < -0.39 is 0 Å². The van der Waals surface area contributed by atoms with Gasteiger partial charge in [0.1, 0.15) is 10.9 Å². The van der Waals surface area contributed by atoms with Crippen LogP contribution in [0.25, 0.3) is 20.9 Å². The summed E-state index contributed by atoms with van der Waals surface area (Å²) in [6.07, 6.45) is 0. The van der Waals surface area contributed by atoms with E-state index in [1.165, 1.54) is 11.3 Å². The number of hydrogen-bond acceptors (Lipinski definition) is 4. The molecule has 1 aromatic carbocycles. The number of anilines is 1. The Morgan fingerprint density at radius 3 is 2.70 bits per heavy atom. The van der Waals surface area contributed by atoms with E-state index in [0.717, 1.165) is 20.9 Å². The van der Waals surface area contributed by atoms with Crippen LogP contribution >= 0.6 is 34.3 Å². The predicted molar refractivity (Wildman–Crippen MR) is 87.2 cm³/mol. The summed E-state index contributed by atoms with van der Waals surface area (Å²) < 4.78 is 0. The van der Waals surface area contributed by atoms with Gasteiger partial charge in [0.2, 0.25) is 0 Å². The van der Waals surface area contributed by atoms with Crippen LogP contribution in [0.3, 0.4) is 0 Å². The molecule has 0 unspecified atom stereocenters. The van der Waals surface area contributed by atoms with E-state index in [0.29, 0.717) is 15.6 Å². The van der Waals surface area contributed by atoms with Crippen LogP contribution in [0, 0.1) is 11.3 Å². The quantitative estimate of drug-likeness (QED) is 0.702. The third-order valence-electron chi connectivity index (χ3n) is 2.90. The molecule has 2 heterocycles. The Hall–Kier alpha value is -1.80. The van der Waals surface area contributed by atoms with Crippen molar-refractivity contribution in [1.29, 1.82) is 5.26 Å². The molecule has 2 N–H and O–H groups in total. The minimum absolute atomic E-state index is 0.545. The van der Waals surface area contributed by atoms with Crippen molar-refractivity contribution in [3.63, 3.8) is 0 Å². The summed E-state index contributed by atoms with van der Waals surface area (Å²) in [5.41, 5.74) is 8.61. The van der Waals surface area contributed by atoms with Gasteiger partial charge in [-0.25, -0.2) is 0 Å². The van der Waals surface area contributed by atoms with Crippen molar-refractivity contribution < 1.29 is 0 Å². The summed E-state index contributed by atoms with van der Waals surface area (Å²) >= 11 is 9.08. The minimum atomic E-state index is 0.545. The first-order valence-electron chi connectivity index (χ1n) is 5.83. The molecule has 0 fully saturated rings. The summed E-state index contributed by atoms with van der Waals surface area (Å²) in [4.78, 5) is 2.60. The van der Waals surface area contributed by atoms with Crippen molar-refractivity contribution in [3.05, 3.63) is 51.7 Å². The third-order valence-corrected chi connectivity index (χ3v) is 5.18. The van der Waals surface area contributed by atoms with Crippen LogP contribution in [-0.4, -0.2) is 0 Å². The normalized spacial score (nSPS) is 10.4. The van der Waals surface area contributed by atoms with E-state index in [-0.39, 0.29) is 0 Å². The number of nitriles is 1. The molecule has 0 saturated heterocycles. The van der Waals surface area contributed by atoms with Crippen LogP contribution < -0.4 is 5.73 Å². The summed E-state index contributed by atoms with van der Waals surface area (Å²) in [6.45, 7) is 0. The topological polar surface area (TPSA) is 49.8 Å². The van der Waals surface area contributed by atoms with Crippen molar-refractivity contribution in [1.82, 2.24) is 0 Å². The van der Waals surface area contributed by atoms with Crippen LogP contribution in [0.1, 0.15) is 4.88 Å². The zero-order valence-electron chi connectivity index (χ0n) is 10.3. The fourth-order valence-corrected chi connectivity index (χ4v) is 4.10. The maximum absolute atomic E-state index is 9.21. The van der Waals surface area contributed by atoms with E-state index >= 15 is 0 Å². The molecule has 0 atom stereocenters. The first-order valence-corrected chi connectivity index (χ1v) is 7.90. The smallest absolute Gasteiger partial charge is 0.129 e. The molecule has 0 aliphatic carbocycles. The molecule has 98 valence electrons. The lowest BCUT2D eigenvalue weighted by Gasteiger charge is -2.04. The van der Waals surface area contributed by atoms with Crippen molar-refractivity contribution >= 4 is 40.0 Å². The first kappa shape index (κ1) is 13.2. The molecule has 5 heteroatoms. The fraction of sp³-hybridized carbons (Fsp3) is 0. The average Bonchev–Trinajstić information content (AvgIpc) is 3.05. The van der Waals surface area contributed by atoms with E-state index in [1.54, 1.807) is 11.3 Å². The Bertz CT molecular complexity index is 798.